The average Bonchev–Trinajstić information content (AvgIpc) is 2.84. The summed E-state index contributed by atoms with van der Waals surface area (Å²) in [5.74, 6) is 8.39. The first-order chi connectivity index (χ1) is 15.7. The van der Waals surface area contributed by atoms with Gasteiger partial charge in [0, 0.05) is 11.1 Å². The van der Waals surface area contributed by atoms with Gasteiger partial charge in [-0.15, -0.1) is 0 Å². The fourth-order valence-electron chi connectivity index (χ4n) is 3.53. The minimum atomic E-state index is 0.673. The van der Waals surface area contributed by atoms with Crippen LogP contribution in [0.3, 0.4) is 0 Å². The average molecular weight is 421 g/mol. The van der Waals surface area contributed by atoms with Gasteiger partial charge in [-0.2, -0.15) is 0 Å². The summed E-state index contributed by atoms with van der Waals surface area (Å²) in [7, 11) is 0. The lowest BCUT2D eigenvalue weighted by Crippen LogP contribution is -1.95. The van der Waals surface area contributed by atoms with Crippen molar-refractivity contribution in [1.29, 1.82) is 0 Å². The maximum absolute atomic E-state index is 5.75. The first kappa shape index (κ1) is 21.5. The molecule has 0 radical (unpaired) electrons. The van der Waals surface area contributed by atoms with Crippen LogP contribution in [0.1, 0.15) is 37.8 Å². The van der Waals surface area contributed by atoms with Gasteiger partial charge in [0.15, 0.2) is 0 Å². The monoisotopic (exact) mass is 420 g/mol. The van der Waals surface area contributed by atoms with Gasteiger partial charge in [0.25, 0.3) is 0 Å². The number of ether oxygens (including phenoxy) is 2. The van der Waals surface area contributed by atoms with E-state index >= 15 is 0 Å². The molecule has 0 saturated carbocycles. The molecule has 0 bridgehead atoms. The Morgan fingerprint density at radius 1 is 0.594 bits per heavy atom. The molecule has 2 heteroatoms. The Balaban J connectivity index is 1.44. The van der Waals surface area contributed by atoms with E-state index in [-0.39, 0.29) is 0 Å². The van der Waals surface area contributed by atoms with Crippen molar-refractivity contribution in [3.05, 3.63) is 96.1 Å². The van der Waals surface area contributed by atoms with Crippen LogP contribution in [0.15, 0.2) is 84.9 Å². The second kappa shape index (κ2) is 10.6. The SMILES string of the molecule is CCCCOc1ccc(-c2ccc(C#Cc3ccc4cc(OCC)ccc4c3)cc2)cc1. The predicted octanol–water partition coefficient (Wildman–Crippen LogP) is 7.48. The van der Waals surface area contributed by atoms with E-state index in [4.69, 9.17) is 9.47 Å². The molecule has 0 heterocycles. The van der Waals surface area contributed by atoms with Gasteiger partial charge in [-0.3, -0.25) is 0 Å². The summed E-state index contributed by atoms with van der Waals surface area (Å²) in [4.78, 5) is 0. The highest BCUT2D eigenvalue weighted by molar-refractivity contribution is 5.85. The quantitative estimate of drug-likeness (QED) is 0.228. The first-order valence-corrected chi connectivity index (χ1v) is 11.3. The molecular formula is C30H28O2. The lowest BCUT2D eigenvalue weighted by molar-refractivity contribution is 0.309. The predicted molar refractivity (Wildman–Crippen MR) is 133 cm³/mol. The fourth-order valence-corrected chi connectivity index (χ4v) is 3.53. The first-order valence-electron chi connectivity index (χ1n) is 11.3. The molecule has 4 aromatic rings. The van der Waals surface area contributed by atoms with Crippen molar-refractivity contribution in [3.63, 3.8) is 0 Å². The van der Waals surface area contributed by atoms with Gasteiger partial charge in [0.05, 0.1) is 13.2 Å². The van der Waals surface area contributed by atoms with E-state index < -0.39 is 0 Å². The van der Waals surface area contributed by atoms with E-state index in [0.29, 0.717) is 6.61 Å². The molecule has 0 atom stereocenters. The van der Waals surface area contributed by atoms with Crippen LogP contribution in [-0.4, -0.2) is 13.2 Å². The summed E-state index contributed by atoms with van der Waals surface area (Å²) in [5.41, 5.74) is 4.35. The summed E-state index contributed by atoms with van der Waals surface area (Å²) >= 11 is 0. The largest absolute Gasteiger partial charge is 0.494 e. The molecule has 0 saturated heterocycles. The van der Waals surface area contributed by atoms with Gasteiger partial charge in [-0.05, 0) is 83.8 Å². The van der Waals surface area contributed by atoms with Crippen LogP contribution in [0, 0.1) is 11.8 Å². The van der Waals surface area contributed by atoms with Gasteiger partial charge in [0.1, 0.15) is 11.5 Å². The molecule has 0 N–H and O–H groups in total. The fraction of sp³-hybridized carbons (Fsp3) is 0.200. The van der Waals surface area contributed by atoms with Crippen molar-refractivity contribution in [2.75, 3.05) is 13.2 Å². The van der Waals surface area contributed by atoms with E-state index in [1.807, 2.05) is 25.1 Å². The van der Waals surface area contributed by atoms with E-state index in [2.05, 4.69) is 85.5 Å². The summed E-state index contributed by atoms with van der Waals surface area (Å²) in [6, 6.07) is 29.1. The van der Waals surface area contributed by atoms with Crippen molar-refractivity contribution in [2.24, 2.45) is 0 Å². The lowest BCUT2D eigenvalue weighted by atomic mass is 10.0. The molecule has 0 aliphatic rings. The number of hydrogen-bond donors (Lipinski definition) is 0. The molecule has 0 aliphatic heterocycles. The van der Waals surface area contributed by atoms with Crippen LogP contribution in [0.5, 0.6) is 11.5 Å². The summed E-state index contributed by atoms with van der Waals surface area (Å²) in [6.45, 7) is 5.61. The van der Waals surface area contributed by atoms with Crippen molar-refractivity contribution >= 4 is 10.8 Å². The number of hydrogen-bond acceptors (Lipinski definition) is 2. The maximum atomic E-state index is 5.75. The van der Waals surface area contributed by atoms with Crippen LogP contribution >= 0.6 is 0 Å². The summed E-state index contributed by atoms with van der Waals surface area (Å²) < 4.78 is 11.3. The van der Waals surface area contributed by atoms with Crippen LogP contribution < -0.4 is 9.47 Å². The molecule has 0 fully saturated rings. The second-order valence-electron chi connectivity index (χ2n) is 7.71. The number of benzene rings is 4. The molecule has 0 unspecified atom stereocenters. The molecule has 160 valence electrons. The van der Waals surface area contributed by atoms with Gasteiger partial charge in [-0.25, -0.2) is 0 Å². The Morgan fingerprint density at radius 2 is 1.19 bits per heavy atom. The van der Waals surface area contributed by atoms with Crippen LogP contribution in [0.2, 0.25) is 0 Å². The van der Waals surface area contributed by atoms with E-state index in [1.54, 1.807) is 0 Å². The standard InChI is InChI=1S/C30H28O2/c1-3-5-20-32-29-17-14-26(15-18-29)25-11-8-23(9-12-25)6-7-24-10-13-28-22-30(31-4-2)19-16-27(28)21-24/h8-19,21-22H,3-5,20H2,1-2H3. The summed E-state index contributed by atoms with van der Waals surface area (Å²) in [5, 5.41) is 2.32. The van der Waals surface area contributed by atoms with Crippen molar-refractivity contribution < 1.29 is 9.47 Å². The zero-order chi connectivity index (χ0) is 22.2. The van der Waals surface area contributed by atoms with Crippen molar-refractivity contribution in [1.82, 2.24) is 0 Å². The zero-order valence-electron chi connectivity index (χ0n) is 18.7. The van der Waals surface area contributed by atoms with Gasteiger partial charge < -0.3 is 9.47 Å². The van der Waals surface area contributed by atoms with Gasteiger partial charge in [-0.1, -0.05) is 61.6 Å². The Labute approximate surface area is 190 Å². The smallest absolute Gasteiger partial charge is 0.119 e. The molecule has 0 spiro atoms. The molecule has 0 aromatic heterocycles. The van der Waals surface area contributed by atoms with Crippen LogP contribution in [-0.2, 0) is 0 Å². The molecule has 4 aromatic carbocycles. The topological polar surface area (TPSA) is 18.5 Å². The highest BCUT2D eigenvalue weighted by Gasteiger charge is 2.00. The second-order valence-corrected chi connectivity index (χ2v) is 7.71. The normalized spacial score (nSPS) is 10.4. The minimum absolute atomic E-state index is 0.673. The Morgan fingerprint density at radius 3 is 1.91 bits per heavy atom. The number of fused-ring (bicyclic) bond motifs is 1. The number of rotatable bonds is 7. The Bertz CT molecular complexity index is 1230. The zero-order valence-corrected chi connectivity index (χ0v) is 18.7. The third kappa shape index (κ3) is 5.50. The lowest BCUT2D eigenvalue weighted by Gasteiger charge is -2.07. The maximum Gasteiger partial charge on any atom is 0.119 e. The Kier molecular flexibility index (Phi) is 7.10. The van der Waals surface area contributed by atoms with E-state index in [1.165, 1.54) is 11.1 Å². The highest BCUT2D eigenvalue weighted by Crippen LogP contribution is 2.24. The summed E-state index contributed by atoms with van der Waals surface area (Å²) in [6.07, 6.45) is 2.22. The van der Waals surface area contributed by atoms with Gasteiger partial charge in [0.2, 0.25) is 0 Å². The van der Waals surface area contributed by atoms with E-state index in [0.717, 1.165) is 52.8 Å². The van der Waals surface area contributed by atoms with Crippen molar-refractivity contribution in [2.45, 2.75) is 26.7 Å². The molecular weight excluding hydrogens is 392 g/mol. The van der Waals surface area contributed by atoms with Crippen molar-refractivity contribution in [3.8, 4) is 34.5 Å². The van der Waals surface area contributed by atoms with Crippen LogP contribution in [0.25, 0.3) is 21.9 Å². The van der Waals surface area contributed by atoms with Crippen LogP contribution in [0.4, 0.5) is 0 Å². The molecule has 4 rings (SSSR count). The van der Waals surface area contributed by atoms with Gasteiger partial charge >= 0.3 is 0 Å². The Hall–Kier alpha value is -3.70. The number of unbranched alkanes of at least 4 members (excludes halogenated alkanes) is 1. The third-order valence-corrected chi connectivity index (χ3v) is 5.31. The molecule has 32 heavy (non-hydrogen) atoms. The van der Waals surface area contributed by atoms with E-state index in [9.17, 15) is 0 Å². The molecule has 0 aliphatic carbocycles. The highest BCUT2D eigenvalue weighted by atomic mass is 16.5. The molecule has 0 amide bonds. The minimum Gasteiger partial charge on any atom is -0.494 e. The molecule has 2 nitrogen and oxygen atoms in total. The third-order valence-electron chi connectivity index (χ3n) is 5.31.